The molecule has 0 saturated heterocycles. The zero-order valence-electron chi connectivity index (χ0n) is 12.9. The van der Waals surface area contributed by atoms with Crippen LogP contribution in [-0.2, 0) is 14.8 Å². The van der Waals surface area contributed by atoms with Gasteiger partial charge in [-0.2, -0.15) is 0 Å². The lowest BCUT2D eigenvalue weighted by Gasteiger charge is -2.15. The Labute approximate surface area is 130 Å². The van der Waals surface area contributed by atoms with Crippen LogP contribution in [0, 0.1) is 0 Å². The molecule has 1 amide bonds. The summed E-state index contributed by atoms with van der Waals surface area (Å²) in [6, 6.07) is 7.07. The second-order valence-electron chi connectivity index (χ2n) is 5.21. The number of amides is 1. The van der Waals surface area contributed by atoms with Crippen molar-refractivity contribution in [1.82, 2.24) is 19.2 Å². The van der Waals surface area contributed by atoms with E-state index in [0.29, 0.717) is 0 Å². The van der Waals surface area contributed by atoms with E-state index >= 15 is 0 Å². The number of rotatable bonds is 6. The minimum absolute atomic E-state index is 0.0797. The average molecular weight is 324 g/mol. The molecule has 7 nitrogen and oxygen atoms in total. The summed E-state index contributed by atoms with van der Waals surface area (Å²) >= 11 is 0. The minimum atomic E-state index is -3.31. The Hall–Kier alpha value is -1.93. The van der Waals surface area contributed by atoms with Crippen LogP contribution in [0.15, 0.2) is 30.6 Å². The van der Waals surface area contributed by atoms with Crippen molar-refractivity contribution in [3.05, 3.63) is 30.6 Å². The standard InChI is InChI=1S/C14H20N4O3S/c1-11(14(19)15-8-9-22(20,21)17(2)3)18-10-16-12-6-4-5-7-13(12)18/h4-7,10-11H,8-9H2,1-3H3,(H,15,19)/t11-/m1/s1. The van der Waals surface area contributed by atoms with Crippen LogP contribution in [0.1, 0.15) is 13.0 Å². The van der Waals surface area contributed by atoms with Crippen LogP contribution in [0.3, 0.4) is 0 Å². The van der Waals surface area contributed by atoms with Gasteiger partial charge in [-0.25, -0.2) is 17.7 Å². The van der Waals surface area contributed by atoms with Crippen molar-refractivity contribution in [2.24, 2.45) is 0 Å². The number of para-hydroxylation sites is 2. The average Bonchev–Trinajstić information content (AvgIpc) is 2.89. The van der Waals surface area contributed by atoms with Crippen LogP contribution >= 0.6 is 0 Å². The van der Waals surface area contributed by atoms with E-state index in [0.717, 1.165) is 15.3 Å². The summed E-state index contributed by atoms with van der Waals surface area (Å²) in [7, 11) is -0.369. The normalized spacial score (nSPS) is 13.5. The first-order valence-corrected chi connectivity index (χ1v) is 8.53. The molecule has 0 aliphatic heterocycles. The molecule has 0 fully saturated rings. The molecule has 2 rings (SSSR count). The summed E-state index contributed by atoms with van der Waals surface area (Å²) in [5, 5.41) is 2.65. The van der Waals surface area contributed by atoms with E-state index in [2.05, 4.69) is 10.3 Å². The first-order chi connectivity index (χ1) is 10.3. The molecule has 120 valence electrons. The summed E-state index contributed by atoms with van der Waals surface area (Å²) in [6.07, 6.45) is 1.62. The Morgan fingerprint density at radius 2 is 2.05 bits per heavy atom. The maximum atomic E-state index is 12.2. The van der Waals surface area contributed by atoms with Gasteiger partial charge in [0.15, 0.2) is 0 Å². The summed E-state index contributed by atoms with van der Waals surface area (Å²) < 4.78 is 26.2. The smallest absolute Gasteiger partial charge is 0.242 e. The third kappa shape index (κ3) is 3.45. The lowest BCUT2D eigenvalue weighted by Crippen LogP contribution is -2.36. The molecule has 0 unspecified atom stereocenters. The van der Waals surface area contributed by atoms with Crippen molar-refractivity contribution in [3.63, 3.8) is 0 Å². The fourth-order valence-corrected chi connectivity index (χ4v) is 2.77. The second kappa shape index (κ2) is 6.45. The number of nitrogens with zero attached hydrogens (tertiary/aromatic N) is 3. The maximum Gasteiger partial charge on any atom is 0.242 e. The number of aromatic nitrogens is 2. The summed E-state index contributed by atoms with van der Waals surface area (Å²) in [5.74, 6) is -0.361. The molecule has 1 aromatic heterocycles. The van der Waals surface area contributed by atoms with Crippen LogP contribution in [-0.4, -0.2) is 54.6 Å². The molecule has 0 spiro atoms. The highest BCUT2D eigenvalue weighted by molar-refractivity contribution is 7.89. The Balaban J connectivity index is 2.01. The van der Waals surface area contributed by atoms with Gasteiger partial charge in [0.05, 0.1) is 23.1 Å². The van der Waals surface area contributed by atoms with Crippen LogP contribution in [0.25, 0.3) is 11.0 Å². The number of carbonyl (C=O) groups is 1. The summed E-state index contributed by atoms with van der Waals surface area (Å²) in [6.45, 7) is 1.83. The second-order valence-corrected chi connectivity index (χ2v) is 7.51. The largest absolute Gasteiger partial charge is 0.353 e. The summed E-state index contributed by atoms with van der Waals surface area (Å²) in [5.41, 5.74) is 1.68. The molecule has 8 heteroatoms. The van der Waals surface area contributed by atoms with Crippen LogP contribution in [0.4, 0.5) is 0 Å². The predicted molar refractivity (Wildman–Crippen MR) is 84.9 cm³/mol. The van der Waals surface area contributed by atoms with Gasteiger partial charge < -0.3 is 9.88 Å². The van der Waals surface area contributed by atoms with Gasteiger partial charge in [-0.3, -0.25) is 4.79 Å². The Bertz CT molecular complexity index is 767. The third-order valence-electron chi connectivity index (χ3n) is 3.49. The Kier molecular flexibility index (Phi) is 4.82. The molecule has 22 heavy (non-hydrogen) atoms. The zero-order valence-corrected chi connectivity index (χ0v) is 13.7. The first kappa shape index (κ1) is 16.4. The van der Waals surface area contributed by atoms with Crippen molar-refractivity contribution in [2.45, 2.75) is 13.0 Å². The SMILES string of the molecule is C[C@H](C(=O)NCCS(=O)(=O)N(C)C)n1cnc2ccccc21. The fourth-order valence-electron chi connectivity index (χ4n) is 2.05. The molecular weight excluding hydrogens is 304 g/mol. The number of hydrogen-bond donors (Lipinski definition) is 1. The van der Waals surface area contributed by atoms with E-state index < -0.39 is 16.1 Å². The molecule has 1 heterocycles. The molecule has 0 radical (unpaired) electrons. The molecule has 0 bridgehead atoms. The summed E-state index contributed by atoms with van der Waals surface area (Å²) in [4.78, 5) is 16.4. The van der Waals surface area contributed by atoms with E-state index in [4.69, 9.17) is 0 Å². The van der Waals surface area contributed by atoms with Gasteiger partial charge in [-0.15, -0.1) is 0 Å². The zero-order chi connectivity index (χ0) is 16.3. The number of fused-ring (bicyclic) bond motifs is 1. The molecular formula is C14H20N4O3S. The van der Waals surface area contributed by atoms with Crippen LogP contribution in [0.5, 0.6) is 0 Å². The number of hydrogen-bond acceptors (Lipinski definition) is 4. The number of carbonyl (C=O) groups excluding carboxylic acids is 1. The number of benzene rings is 1. The minimum Gasteiger partial charge on any atom is -0.353 e. The van der Waals surface area contributed by atoms with Crippen molar-refractivity contribution in [1.29, 1.82) is 0 Å². The topological polar surface area (TPSA) is 84.3 Å². The van der Waals surface area contributed by atoms with E-state index in [1.807, 2.05) is 24.3 Å². The monoisotopic (exact) mass is 324 g/mol. The quantitative estimate of drug-likeness (QED) is 0.843. The van der Waals surface area contributed by atoms with E-state index in [-0.39, 0.29) is 18.2 Å². The third-order valence-corrected chi connectivity index (χ3v) is 5.33. The van der Waals surface area contributed by atoms with Crippen molar-refractivity contribution >= 4 is 27.0 Å². The van der Waals surface area contributed by atoms with Gasteiger partial charge in [0.2, 0.25) is 15.9 Å². The van der Waals surface area contributed by atoms with Gasteiger partial charge in [0.25, 0.3) is 0 Å². The maximum absolute atomic E-state index is 12.2. The van der Waals surface area contributed by atoms with E-state index in [9.17, 15) is 13.2 Å². The van der Waals surface area contributed by atoms with Gasteiger partial charge >= 0.3 is 0 Å². The molecule has 1 aromatic carbocycles. The van der Waals surface area contributed by atoms with Crippen molar-refractivity contribution in [3.8, 4) is 0 Å². The number of imidazole rings is 1. The molecule has 1 atom stereocenters. The molecule has 1 N–H and O–H groups in total. The molecule has 0 aliphatic rings. The van der Waals surface area contributed by atoms with Gasteiger partial charge in [0.1, 0.15) is 6.04 Å². The van der Waals surface area contributed by atoms with Crippen molar-refractivity contribution in [2.75, 3.05) is 26.4 Å². The van der Waals surface area contributed by atoms with Gasteiger partial charge in [0, 0.05) is 20.6 Å². The van der Waals surface area contributed by atoms with Gasteiger partial charge in [-0.1, -0.05) is 12.1 Å². The Morgan fingerprint density at radius 1 is 1.36 bits per heavy atom. The highest BCUT2D eigenvalue weighted by atomic mass is 32.2. The van der Waals surface area contributed by atoms with Crippen LogP contribution in [0.2, 0.25) is 0 Å². The molecule has 0 saturated carbocycles. The van der Waals surface area contributed by atoms with Crippen LogP contribution < -0.4 is 5.32 Å². The number of nitrogens with one attached hydrogen (secondary N) is 1. The lowest BCUT2D eigenvalue weighted by molar-refractivity contribution is -0.123. The predicted octanol–water partition coefficient (Wildman–Crippen LogP) is 0.605. The van der Waals surface area contributed by atoms with Gasteiger partial charge in [-0.05, 0) is 19.1 Å². The lowest BCUT2D eigenvalue weighted by atomic mass is 10.2. The van der Waals surface area contributed by atoms with Crippen molar-refractivity contribution < 1.29 is 13.2 Å². The fraction of sp³-hybridized carbons (Fsp3) is 0.429. The number of sulfonamides is 1. The molecule has 2 aromatic rings. The van der Waals surface area contributed by atoms with E-state index in [1.165, 1.54) is 14.1 Å². The first-order valence-electron chi connectivity index (χ1n) is 6.92. The highest BCUT2D eigenvalue weighted by Crippen LogP contribution is 2.17. The molecule has 0 aliphatic carbocycles. The highest BCUT2D eigenvalue weighted by Gasteiger charge is 2.18. The van der Waals surface area contributed by atoms with E-state index in [1.54, 1.807) is 17.8 Å². The Morgan fingerprint density at radius 3 is 2.73 bits per heavy atom.